The molecule has 0 saturated carbocycles. The third-order valence-electron chi connectivity index (χ3n) is 3.04. The highest BCUT2D eigenvalue weighted by atomic mass is 35.5. The Morgan fingerprint density at radius 3 is 2.67 bits per heavy atom. The predicted molar refractivity (Wildman–Crippen MR) is 69.7 cm³/mol. The van der Waals surface area contributed by atoms with E-state index in [1.807, 2.05) is 0 Å². The van der Waals surface area contributed by atoms with Crippen molar-refractivity contribution < 1.29 is 22.7 Å². The summed E-state index contributed by atoms with van der Waals surface area (Å²) in [6, 6.07) is 3.76. The minimum atomic E-state index is -4.90. The molecule has 108 valence electrons. The van der Waals surface area contributed by atoms with Gasteiger partial charge < -0.3 is 4.74 Å². The van der Waals surface area contributed by atoms with Crippen molar-refractivity contribution in [2.75, 3.05) is 5.32 Å². The zero-order chi connectivity index (χ0) is 15.3. The lowest BCUT2D eigenvalue weighted by Gasteiger charge is -2.35. The molecule has 0 radical (unpaired) electrons. The fourth-order valence-corrected chi connectivity index (χ4v) is 2.13. The standard InChI is InChI=1S/C14H7ClF3NO2/c15-9-3-4-11-10(7-9)13(14(16,17)18,21-12(20)19-11)6-5-8-1-2-8/h1-4,7-8H,(H,19,20)/t13-/m0/s1. The number of benzene rings is 1. The molecule has 7 heteroatoms. The molecule has 3 rings (SSSR count). The Bertz CT molecular complexity index is 711. The molecule has 1 aromatic rings. The normalized spacial score (nSPS) is 23.5. The largest absolute Gasteiger partial charge is 0.445 e. The molecule has 1 amide bonds. The van der Waals surface area contributed by atoms with E-state index >= 15 is 0 Å². The molecule has 1 atom stereocenters. The Hall–Kier alpha value is -2.13. The number of alkyl halides is 3. The van der Waals surface area contributed by atoms with Crippen molar-refractivity contribution in [3.05, 3.63) is 40.9 Å². The number of hydrogen-bond donors (Lipinski definition) is 1. The van der Waals surface area contributed by atoms with Crippen LogP contribution in [0.3, 0.4) is 0 Å². The van der Waals surface area contributed by atoms with E-state index in [9.17, 15) is 18.0 Å². The van der Waals surface area contributed by atoms with Crippen LogP contribution in [0, 0.1) is 17.8 Å². The number of rotatable bonds is 0. The molecule has 0 fully saturated rings. The first-order chi connectivity index (χ1) is 9.82. The van der Waals surface area contributed by atoms with Crippen molar-refractivity contribution in [2.45, 2.75) is 11.8 Å². The number of anilines is 1. The number of ether oxygens (including phenoxy) is 1. The van der Waals surface area contributed by atoms with Gasteiger partial charge in [0.1, 0.15) is 0 Å². The van der Waals surface area contributed by atoms with Gasteiger partial charge in [0.05, 0.1) is 11.6 Å². The van der Waals surface area contributed by atoms with Crippen LogP contribution in [-0.2, 0) is 10.3 Å². The van der Waals surface area contributed by atoms with Crippen molar-refractivity contribution in [1.29, 1.82) is 0 Å². The van der Waals surface area contributed by atoms with E-state index in [1.54, 1.807) is 12.2 Å². The summed E-state index contributed by atoms with van der Waals surface area (Å²) in [6.07, 6.45) is -2.83. The number of allylic oxidation sites excluding steroid dienone is 2. The maximum absolute atomic E-state index is 13.6. The second-order valence-corrected chi connectivity index (χ2v) is 5.00. The van der Waals surface area contributed by atoms with Gasteiger partial charge in [0.25, 0.3) is 5.60 Å². The van der Waals surface area contributed by atoms with E-state index in [4.69, 9.17) is 11.6 Å². The Balaban J connectivity index is 2.22. The first kappa shape index (κ1) is 13.8. The SMILES string of the molecule is O=C1Nc2ccc(Cl)cc2[C@@](C#CC2C=C2)(C(F)(F)F)O1. The molecular formula is C14H7ClF3NO2. The summed E-state index contributed by atoms with van der Waals surface area (Å²) in [4.78, 5) is 11.5. The number of amides is 1. The molecular weight excluding hydrogens is 307 g/mol. The number of cyclic esters (lactones) is 1. The number of nitrogens with one attached hydrogen (secondary N) is 1. The molecule has 21 heavy (non-hydrogen) atoms. The van der Waals surface area contributed by atoms with Gasteiger partial charge in [-0.3, -0.25) is 5.32 Å². The van der Waals surface area contributed by atoms with Gasteiger partial charge in [0.2, 0.25) is 0 Å². The molecule has 2 aliphatic rings. The number of halogens is 4. The van der Waals surface area contributed by atoms with Crippen LogP contribution < -0.4 is 5.32 Å². The summed E-state index contributed by atoms with van der Waals surface area (Å²) in [6.45, 7) is 0. The number of carbonyl (C=O) groups excluding carboxylic acids is 1. The van der Waals surface area contributed by atoms with Crippen LogP contribution in [0.1, 0.15) is 5.56 Å². The average molecular weight is 314 g/mol. The summed E-state index contributed by atoms with van der Waals surface area (Å²) in [5.41, 5.74) is -3.36. The zero-order valence-corrected chi connectivity index (χ0v) is 11.0. The van der Waals surface area contributed by atoms with Gasteiger partial charge in [-0.1, -0.05) is 29.7 Å². The van der Waals surface area contributed by atoms with E-state index in [0.717, 1.165) is 6.07 Å². The molecule has 0 unspecified atom stereocenters. The highest BCUT2D eigenvalue weighted by Crippen LogP contribution is 2.48. The highest BCUT2D eigenvalue weighted by molar-refractivity contribution is 6.30. The lowest BCUT2D eigenvalue weighted by Crippen LogP contribution is -2.49. The number of hydrogen-bond acceptors (Lipinski definition) is 2. The van der Waals surface area contributed by atoms with E-state index in [2.05, 4.69) is 21.9 Å². The van der Waals surface area contributed by atoms with Gasteiger partial charge in [0, 0.05) is 10.6 Å². The van der Waals surface area contributed by atoms with Gasteiger partial charge in [-0.15, -0.1) is 0 Å². The highest BCUT2D eigenvalue weighted by Gasteiger charge is 2.62. The van der Waals surface area contributed by atoms with Crippen LogP contribution in [0.25, 0.3) is 0 Å². The Morgan fingerprint density at radius 2 is 2.05 bits per heavy atom. The summed E-state index contributed by atoms with van der Waals surface area (Å²) in [5.74, 6) is 4.18. The van der Waals surface area contributed by atoms with Crippen LogP contribution >= 0.6 is 11.6 Å². The fraction of sp³-hybridized carbons (Fsp3) is 0.214. The molecule has 0 spiro atoms. The minimum absolute atomic E-state index is 0.0222. The van der Waals surface area contributed by atoms with E-state index < -0.39 is 17.9 Å². The predicted octanol–water partition coefficient (Wildman–Crippen LogP) is 3.85. The Kier molecular flexibility index (Phi) is 2.92. The summed E-state index contributed by atoms with van der Waals surface area (Å²) in [7, 11) is 0. The monoisotopic (exact) mass is 313 g/mol. The quantitative estimate of drug-likeness (QED) is 0.583. The molecule has 0 bridgehead atoms. The van der Waals surface area contributed by atoms with Crippen molar-refractivity contribution in [3.63, 3.8) is 0 Å². The lowest BCUT2D eigenvalue weighted by molar-refractivity contribution is -0.239. The van der Waals surface area contributed by atoms with E-state index in [-0.39, 0.29) is 22.2 Å². The molecule has 1 aliphatic carbocycles. The van der Waals surface area contributed by atoms with Crippen molar-refractivity contribution >= 4 is 23.4 Å². The van der Waals surface area contributed by atoms with E-state index in [1.165, 1.54) is 12.1 Å². The van der Waals surface area contributed by atoms with Crippen LogP contribution in [-0.4, -0.2) is 12.3 Å². The van der Waals surface area contributed by atoms with Gasteiger partial charge in [0.15, 0.2) is 0 Å². The van der Waals surface area contributed by atoms with E-state index in [0.29, 0.717) is 0 Å². The van der Waals surface area contributed by atoms with Gasteiger partial charge in [-0.05, 0) is 24.1 Å². The van der Waals surface area contributed by atoms with Crippen molar-refractivity contribution in [2.24, 2.45) is 5.92 Å². The van der Waals surface area contributed by atoms with Gasteiger partial charge >= 0.3 is 12.3 Å². The fourth-order valence-electron chi connectivity index (χ4n) is 1.96. The van der Waals surface area contributed by atoms with Gasteiger partial charge in [-0.2, -0.15) is 13.2 Å². The second-order valence-electron chi connectivity index (χ2n) is 4.56. The molecule has 1 N–H and O–H groups in total. The third-order valence-corrected chi connectivity index (χ3v) is 3.28. The molecule has 1 aliphatic heterocycles. The average Bonchev–Trinajstić information content (AvgIpc) is 3.19. The minimum Gasteiger partial charge on any atom is -0.415 e. The summed E-state index contributed by atoms with van der Waals surface area (Å²) < 4.78 is 45.3. The first-order valence-electron chi connectivity index (χ1n) is 5.90. The van der Waals surface area contributed by atoms with Crippen LogP contribution in [0.15, 0.2) is 30.4 Å². The molecule has 1 heterocycles. The summed E-state index contributed by atoms with van der Waals surface area (Å²) in [5, 5.41) is 2.31. The first-order valence-corrected chi connectivity index (χ1v) is 6.27. The molecule has 3 nitrogen and oxygen atoms in total. The molecule has 0 saturated heterocycles. The second kappa shape index (κ2) is 4.43. The third kappa shape index (κ3) is 2.34. The molecule has 0 aromatic heterocycles. The smallest absolute Gasteiger partial charge is 0.415 e. The van der Waals surface area contributed by atoms with Gasteiger partial charge in [-0.25, -0.2) is 4.79 Å². The van der Waals surface area contributed by atoms with Crippen LogP contribution in [0.4, 0.5) is 23.7 Å². The maximum Gasteiger partial charge on any atom is 0.445 e. The van der Waals surface area contributed by atoms with Crippen LogP contribution in [0.5, 0.6) is 0 Å². The Morgan fingerprint density at radius 1 is 1.33 bits per heavy atom. The van der Waals surface area contributed by atoms with Crippen molar-refractivity contribution in [3.8, 4) is 11.8 Å². The molecule has 1 aromatic carbocycles. The van der Waals surface area contributed by atoms with Crippen LogP contribution in [0.2, 0.25) is 5.02 Å². The van der Waals surface area contributed by atoms with Crippen molar-refractivity contribution in [1.82, 2.24) is 0 Å². The zero-order valence-electron chi connectivity index (χ0n) is 10.3. The lowest BCUT2D eigenvalue weighted by atomic mass is 9.90. The topological polar surface area (TPSA) is 38.3 Å². The summed E-state index contributed by atoms with van der Waals surface area (Å²) >= 11 is 5.77. The maximum atomic E-state index is 13.6. The number of fused-ring (bicyclic) bond motifs is 1. The number of carbonyl (C=O) groups is 1. The Labute approximate surface area is 122 Å².